The highest BCUT2D eigenvalue weighted by atomic mass is 16.6. The van der Waals surface area contributed by atoms with Gasteiger partial charge >= 0.3 is 0 Å². The fourth-order valence-electron chi connectivity index (χ4n) is 4.35. The summed E-state index contributed by atoms with van der Waals surface area (Å²) in [6.45, 7) is 4.75. The summed E-state index contributed by atoms with van der Waals surface area (Å²) in [5.41, 5.74) is 3.85. The molecule has 8 heteroatoms. The van der Waals surface area contributed by atoms with Crippen molar-refractivity contribution in [2.24, 2.45) is 0 Å². The second-order valence-corrected chi connectivity index (χ2v) is 8.20. The lowest BCUT2D eigenvalue weighted by atomic mass is 10.1. The molecule has 1 aliphatic rings. The van der Waals surface area contributed by atoms with E-state index in [2.05, 4.69) is 46.0 Å². The zero-order valence-corrected chi connectivity index (χ0v) is 18.1. The number of non-ortho nitro benzene ring substituents is 1. The van der Waals surface area contributed by atoms with Crippen LogP contribution in [0.2, 0.25) is 0 Å². The second-order valence-electron chi connectivity index (χ2n) is 8.20. The number of imidazole rings is 1. The van der Waals surface area contributed by atoms with E-state index in [1.165, 1.54) is 23.8 Å². The van der Waals surface area contributed by atoms with E-state index in [1.807, 2.05) is 24.3 Å². The summed E-state index contributed by atoms with van der Waals surface area (Å²) in [7, 11) is 0. The van der Waals surface area contributed by atoms with Crippen LogP contribution in [0.1, 0.15) is 34.7 Å². The maximum atomic E-state index is 12.6. The molecular weight excluding hydrogens is 418 g/mol. The molecule has 0 saturated carbocycles. The van der Waals surface area contributed by atoms with Gasteiger partial charge < -0.3 is 9.88 Å². The van der Waals surface area contributed by atoms with Gasteiger partial charge in [0.1, 0.15) is 5.82 Å². The molecule has 0 radical (unpaired) electrons. The van der Waals surface area contributed by atoms with Gasteiger partial charge in [0.25, 0.3) is 11.6 Å². The van der Waals surface area contributed by atoms with Crippen molar-refractivity contribution in [1.82, 2.24) is 14.5 Å². The summed E-state index contributed by atoms with van der Waals surface area (Å²) in [5, 5.41) is 13.8. The first kappa shape index (κ1) is 20.8. The fourth-order valence-corrected chi connectivity index (χ4v) is 4.35. The number of hydrogen-bond donors (Lipinski definition) is 1. The summed E-state index contributed by atoms with van der Waals surface area (Å²) in [4.78, 5) is 30.3. The number of amides is 1. The number of nitrogens with one attached hydrogen (secondary N) is 1. The van der Waals surface area contributed by atoms with Crippen molar-refractivity contribution >= 4 is 28.3 Å². The van der Waals surface area contributed by atoms with Crippen molar-refractivity contribution in [3.63, 3.8) is 0 Å². The lowest BCUT2D eigenvalue weighted by molar-refractivity contribution is -0.384. The maximum absolute atomic E-state index is 12.6. The maximum Gasteiger partial charge on any atom is 0.270 e. The van der Waals surface area contributed by atoms with Crippen molar-refractivity contribution < 1.29 is 9.72 Å². The largest absolute Gasteiger partial charge is 0.326 e. The average molecular weight is 441 g/mol. The molecule has 3 aromatic carbocycles. The average Bonchev–Trinajstić information content (AvgIpc) is 3.21. The monoisotopic (exact) mass is 441 g/mol. The minimum absolute atomic E-state index is 0.117. The Morgan fingerprint density at radius 1 is 1.06 bits per heavy atom. The van der Waals surface area contributed by atoms with Crippen LogP contribution in [0.4, 0.5) is 11.4 Å². The number of nitro groups is 1. The van der Waals surface area contributed by atoms with Crippen LogP contribution in [0.5, 0.6) is 0 Å². The second kappa shape index (κ2) is 8.48. The lowest BCUT2D eigenvalue weighted by Crippen LogP contribution is -2.35. The van der Waals surface area contributed by atoms with Crippen LogP contribution in [0.25, 0.3) is 11.0 Å². The molecule has 0 aliphatic carbocycles. The third kappa shape index (κ3) is 4.08. The van der Waals surface area contributed by atoms with Crippen LogP contribution >= 0.6 is 0 Å². The van der Waals surface area contributed by atoms with Crippen molar-refractivity contribution in [2.45, 2.75) is 26.1 Å². The van der Waals surface area contributed by atoms with Gasteiger partial charge in [0.15, 0.2) is 0 Å². The van der Waals surface area contributed by atoms with E-state index in [9.17, 15) is 14.9 Å². The number of nitro benzene ring substituents is 1. The highest BCUT2D eigenvalue weighted by Crippen LogP contribution is 2.28. The number of benzene rings is 3. The minimum Gasteiger partial charge on any atom is -0.326 e. The molecule has 0 spiro atoms. The molecule has 8 nitrogen and oxygen atoms in total. The first-order chi connectivity index (χ1) is 16.0. The van der Waals surface area contributed by atoms with Crippen molar-refractivity contribution in [1.29, 1.82) is 0 Å². The summed E-state index contributed by atoms with van der Waals surface area (Å²) in [6, 6.07) is 22.1. The van der Waals surface area contributed by atoms with Crippen LogP contribution in [-0.4, -0.2) is 31.8 Å². The Balaban J connectivity index is 1.36. The van der Waals surface area contributed by atoms with E-state index in [0.717, 1.165) is 36.5 Å². The summed E-state index contributed by atoms with van der Waals surface area (Å²) in [5.74, 6) is 0.603. The van der Waals surface area contributed by atoms with E-state index in [0.29, 0.717) is 11.7 Å². The Labute approximate surface area is 190 Å². The van der Waals surface area contributed by atoms with Crippen LogP contribution in [0.3, 0.4) is 0 Å². The molecule has 1 atom stereocenters. The fraction of sp³-hybridized carbons (Fsp3) is 0.200. The van der Waals surface area contributed by atoms with Gasteiger partial charge in [-0.15, -0.1) is 0 Å². The minimum atomic E-state index is -0.513. The molecule has 166 valence electrons. The van der Waals surface area contributed by atoms with E-state index in [-0.39, 0.29) is 11.3 Å². The Morgan fingerprint density at radius 2 is 1.88 bits per heavy atom. The summed E-state index contributed by atoms with van der Waals surface area (Å²) < 4.78 is 2.23. The third-order valence-electron chi connectivity index (χ3n) is 6.19. The number of carbonyl (C=O) groups is 1. The van der Waals surface area contributed by atoms with E-state index >= 15 is 0 Å². The molecule has 1 amide bonds. The Kier molecular flexibility index (Phi) is 5.35. The van der Waals surface area contributed by atoms with E-state index in [4.69, 9.17) is 4.98 Å². The van der Waals surface area contributed by atoms with E-state index in [1.54, 1.807) is 6.07 Å². The molecule has 0 fully saturated rings. The first-order valence-corrected chi connectivity index (χ1v) is 10.8. The molecule has 0 saturated heterocycles. The summed E-state index contributed by atoms with van der Waals surface area (Å²) in [6.07, 6.45) is 0. The van der Waals surface area contributed by atoms with Crippen molar-refractivity contribution in [2.75, 3.05) is 11.9 Å². The predicted molar refractivity (Wildman–Crippen MR) is 126 cm³/mol. The lowest BCUT2D eigenvalue weighted by Gasteiger charge is -2.33. The number of aromatic nitrogens is 2. The SMILES string of the molecule is C[C@H](c1ccccc1)N1CCn2c(nc3cc(NC(=O)c4cccc([N+](=O)[O-])c4)ccc32)C1. The summed E-state index contributed by atoms with van der Waals surface area (Å²) >= 11 is 0. The van der Waals surface area contributed by atoms with Crippen molar-refractivity contribution in [3.05, 3.63) is 99.9 Å². The Morgan fingerprint density at radius 3 is 2.67 bits per heavy atom. The van der Waals surface area contributed by atoms with Gasteiger partial charge in [-0.2, -0.15) is 0 Å². The standard InChI is InChI=1S/C25H23N5O3/c1-17(18-6-3-2-4-7-18)28-12-13-29-23-11-10-20(15-22(23)27-24(29)16-28)26-25(31)19-8-5-9-21(14-19)30(32)33/h2-11,14-15,17H,12-13,16H2,1H3,(H,26,31)/t17-/m1/s1. The number of nitrogens with zero attached hydrogens (tertiary/aromatic N) is 4. The van der Waals surface area contributed by atoms with Crippen LogP contribution in [-0.2, 0) is 13.1 Å². The number of anilines is 1. The molecule has 0 unspecified atom stereocenters. The molecule has 5 rings (SSSR count). The van der Waals surface area contributed by atoms with Gasteiger partial charge in [-0.25, -0.2) is 4.98 Å². The molecule has 1 N–H and O–H groups in total. The van der Waals surface area contributed by atoms with Crippen molar-refractivity contribution in [3.8, 4) is 0 Å². The normalized spacial score (nSPS) is 14.6. The molecule has 4 aromatic rings. The number of rotatable bonds is 5. The predicted octanol–water partition coefficient (Wildman–Crippen LogP) is 4.77. The topological polar surface area (TPSA) is 93.3 Å². The number of fused-ring (bicyclic) bond motifs is 3. The molecular formula is C25H23N5O3. The van der Waals surface area contributed by atoms with Crippen LogP contribution in [0.15, 0.2) is 72.8 Å². The van der Waals surface area contributed by atoms with E-state index < -0.39 is 10.8 Å². The van der Waals surface area contributed by atoms with Gasteiger partial charge in [0, 0.05) is 42.5 Å². The highest BCUT2D eigenvalue weighted by molar-refractivity contribution is 6.05. The third-order valence-corrected chi connectivity index (χ3v) is 6.19. The molecule has 0 bridgehead atoms. The van der Waals surface area contributed by atoms with Gasteiger partial charge in [0.2, 0.25) is 0 Å². The van der Waals surface area contributed by atoms with Crippen LogP contribution < -0.4 is 5.32 Å². The Bertz CT molecular complexity index is 1350. The van der Waals surface area contributed by atoms with Gasteiger partial charge in [-0.3, -0.25) is 19.8 Å². The highest BCUT2D eigenvalue weighted by Gasteiger charge is 2.24. The van der Waals surface area contributed by atoms with Crippen LogP contribution in [0, 0.1) is 10.1 Å². The van der Waals surface area contributed by atoms with Gasteiger partial charge in [-0.05, 0) is 36.8 Å². The first-order valence-electron chi connectivity index (χ1n) is 10.8. The molecule has 1 aromatic heterocycles. The smallest absolute Gasteiger partial charge is 0.270 e. The molecule has 33 heavy (non-hydrogen) atoms. The Hall–Kier alpha value is -4.04. The molecule has 2 heterocycles. The number of carbonyl (C=O) groups excluding carboxylic acids is 1. The van der Waals surface area contributed by atoms with Gasteiger partial charge in [0.05, 0.1) is 22.5 Å². The number of hydrogen-bond acceptors (Lipinski definition) is 5. The molecule has 1 aliphatic heterocycles. The van der Waals surface area contributed by atoms with Gasteiger partial charge in [-0.1, -0.05) is 36.4 Å². The zero-order chi connectivity index (χ0) is 22.9. The zero-order valence-electron chi connectivity index (χ0n) is 18.1. The quantitative estimate of drug-likeness (QED) is 0.356.